The maximum atomic E-state index is 13.1. The third-order valence-electron chi connectivity index (χ3n) is 5.42. The number of nitrogens with one attached hydrogen (secondary N) is 2. The summed E-state index contributed by atoms with van der Waals surface area (Å²) in [5.41, 5.74) is 1.79. The summed E-state index contributed by atoms with van der Waals surface area (Å²) < 4.78 is 10.6. The number of nitrogens with zero attached hydrogens (tertiary/aromatic N) is 1. The third-order valence-corrected chi connectivity index (χ3v) is 5.42. The Morgan fingerprint density at radius 3 is 2.28 bits per heavy atom. The van der Waals surface area contributed by atoms with Gasteiger partial charge in [-0.15, -0.1) is 0 Å². The third kappa shape index (κ3) is 5.10. The van der Waals surface area contributed by atoms with Gasteiger partial charge >= 0.3 is 17.8 Å². The number of furan rings is 1. The normalized spacial score (nSPS) is 14.2. The van der Waals surface area contributed by atoms with E-state index in [1.165, 1.54) is 13.2 Å². The standard InChI is InChI=1S/C27H23N3O6/c1-17-23(27(34)35-2)24(31)22(30(17)19-11-7-4-8-12-19)15-20-13-14-21(36-20)16-28-25(32)26(33)29-18-9-5-3-6-10-18/h3-15H,16H2,1-2H3,(H,28,32)(H,29,33)/b22-15+. The summed E-state index contributed by atoms with van der Waals surface area (Å²) in [5, 5.41) is 5.00. The van der Waals surface area contributed by atoms with E-state index in [2.05, 4.69) is 10.6 Å². The molecule has 36 heavy (non-hydrogen) atoms. The molecule has 9 nitrogen and oxygen atoms in total. The molecule has 9 heteroatoms. The van der Waals surface area contributed by atoms with Crippen molar-refractivity contribution >= 4 is 41.0 Å². The first-order valence-corrected chi connectivity index (χ1v) is 11.0. The number of anilines is 2. The molecule has 0 spiro atoms. The number of esters is 1. The minimum Gasteiger partial charge on any atom is -0.465 e. The Bertz CT molecular complexity index is 1370. The van der Waals surface area contributed by atoms with Gasteiger partial charge in [-0.2, -0.15) is 0 Å². The molecular weight excluding hydrogens is 462 g/mol. The largest absolute Gasteiger partial charge is 0.465 e. The lowest BCUT2D eigenvalue weighted by molar-refractivity contribution is -0.137. The number of ether oxygens (including phenoxy) is 1. The van der Waals surface area contributed by atoms with Gasteiger partial charge in [-0.05, 0) is 43.3 Å². The lowest BCUT2D eigenvalue weighted by Gasteiger charge is -2.21. The summed E-state index contributed by atoms with van der Waals surface area (Å²) >= 11 is 0. The van der Waals surface area contributed by atoms with Crippen LogP contribution >= 0.6 is 0 Å². The quantitative estimate of drug-likeness (QED) is 0.238. The fourth-order valence-electron chi connectivity index (χ4n) is 3.73. The summed E-state index contributed by atoms with van der Waals surface area (Å²) in [6.45, 7) is 1.63. The average molecular weight is 485 g/mol. The van der Waals surface area contributed by atoms with Crippen LogP contribution in [-0.4, -0.2) is 30.7 Å². The molecule has 2 amide bonds. The van der Waals surface area contributed by atoms with Crippen LogP contribution in [0.1, 0.15) is 18.4 Å². The number of amides is 2. The van der Waals surface area contributed by atoms with Gasteiger partial charge in [0.15, 0.2) is 0 Å². The van der Waals surface area contributed by atoms with Crippen LogP contribution in [0.25, 0.3) is 6.08 Å². The highest BCUT2D eigenvalue weighted by atomic mass is 16.5. The van der Waals surface area contributed by atoms with Crippen LogP contribution in [0.15, 0.2) is 94.2 Å². The maximum absolute atomic E-state index is 13.1. The van der Waals surface area contributed by atoms with Crippen LogP contribution in [0, 0.1) is 0 Å². The molecule has 2 aromatic carbocycles. The molecular formula is C27H23N3O6. The number of rotatable bonds is 6. The van der Waals surface area contributed by atoms with E-state index in [1.807, 2.05) is 30.3 Å². The summed E-state index contributed by atoms with van der Waals surface area (Å²) in [6.07, 6.45) is 1.52. The average Bonchev–Trinajstić information content (AvgIpc) is 3.44. The van der Waals surface area contributed by atoms with Crippen LogP contribution in [0.5, 0.6) is 0 Å². The van der Waals surface area contributed by atoms with Gasteiger partial charge in [-0.25, -0.2) is 4.79 Å². The van der Waals surface area contributed by atoms with E-state index in [1.54, 1.807) is 54.3 Å². The van der Waals surface area contributed by atoms with Crippen molar-refractivity contribution in [2.24, 2.45) is 0 Å². The summed E-state index contributed by atoms with van der Waals surface area (Å²) in [5.74, 6) is -2.14. The van der Waals surface area contributed by atoms with Crippen molar-refractivity contribution in [2.75, 3.05) is 17.3 Å². The highest BCUT2D eigenvalue weighted by molar-refractivity contribution is 6.39. The number of hydrogen-bond acceptors (Lipinski definition) is 7. The molecule has 0 unspecified atom stereocenters. The Hall–Kier alpha value is -4.92. The van der Waals surface area contributed by atoms with E-state index in [4.69, 9.17) is 9.15 Å². The second kappa shape index (κ2) is 10.6. The smallest absolute Gasteiger partial charge is 0.343 e. The highest BCUT2D eigenvalue weighted by Gasteiger charge is 2.38. The Labute approximate surface area is 207 Å². The number of para-hydroxylation sites is 2. The highest BCUT2D eigenvalue weighted by Crippen LogP contribution is 2.35. The zero-order valence-electron chi connectivity index (χ0n) is 19.6. The molecule has 0 saturated heterocycles. The molecule has 0 radical (unpaired) electrons. The zero-order valence-corrected chi connectivity index (χ0v) is 19.6. The zero-order chi connectivity index (χ0) is 25.7. The van der Waals surface area contributed by atoms with Gasteiger partial charge in [-0.3, -0.25) is 14.4 Å². The van der Waals surface area contributed by atoms with Gasteiger partial charge in [0.1, 0.15) is 17.1 Å². The van der Waals surface area contributed by atoms with Gasteiger partial charge in [-0.1, -0.05) is 36.4 Å². The molecule has 2 N–H and O–H groups in total. The van der Waals surface area contributed by atoms with E-state index < -0.39 is 23.6 Å². The first-order chi connectivity index (χ1) is 17.4. The molecule has 1 aliphatic heterocycles. The van der Waals surface area contributed by atoms with E-state index in [9.17, 15) is 19.2 Å². The lowest BCUT2D eigenvalue weighted by atomic mass is 10.1. The molecule has 0 saturated carbocycles. The molecule has 0 atom stereocenters. The van der Waals surface area contributed by atoms with Gasteiger partial charge in [0.2, 0.25) is 5.78 Å². The maximum Gasteiger partial charge on any atom is 0.343 e. The second-order valence-electron chi connectivity index (χ2n) is 7.79. The van der Waals surface area contributed by atoms with Crippen molar-refractivity contribution in [2.45, 2.75) is 13.5 Å². The van der Waals surface area contributed by atoms with Crippen LogP contribution in [0.2, 0.25) is 0 Å². The Kier molecular flexibility index (Phi) is 7.10. The Balaban J connectivity index is 1.50. The molecule has 0 aliphatic carbocycles. The Morgan fingerprint density at radius 2 is 1.61 bits per heavy atom. The van der Waals surface area contributed by atoms with Crippen LogP contribution in [0.3, 0.4) is 0 Å². The predicted molar refractivity (Wildman–Crippen MR) is 132 cm³/mol. The van der Waals surface area contributed by atoms with E-state index in [0.717, 1.165) is 0 Å². The topological polar surface area (TPSA) is 118 Å². The monoisotopic (exact) mass is 485 g/mol. The van der Waals surface area contributed by atoms with Gasteiger partial charge < -0.3 is 24.7 Å². The number of carbonyl (C=O) groups excluding carboxylic acids is 4. The molecule has 3 aromatic rings. The fourth-order valence-corrected chi connectivity index (χ4v) is 3.73. The van der Waals surface area contributed by atoms with Crippen molar-refractivity contribution in [3.8, 4) is 0 Å². The molecule has 4 rings (SSSR count). The number of methoxy groups -OCH3 is 1. The first kappa shape index (κ1) is 24.2. The van der Waals surface area contributed by atoms with Gasteiger partial charge in [0.25, 0.3) is 0 Å². The second-order valence-corrected chi connectivity index (χ2v) is 7.79. The van der Waals surface area contributed by atoms with Crippen LogP contribution in [0.4, 0.5) is 11.4 Å². The van der Waals surface area contributed by atoms with Crippen LogP contribution < -0.4 is 15.5 Å². The predicted octanol–water partition coefficient (Wildman–Crippen LogP) is 3.41. The number of ketones is 1. The van der Waals surface area contributed by atoms with Crippen LogP contribution in [-0.2, 0) is 30.5 Å². The number of hydrogen-bond donors (Lipinski definition) is 2. The minimum atomic E-state index is -0.820. The van der Waals surface area contributed by atoms with Crippen molar-refractivity contribution < 1.29 is 28.3 Å². The molecule has 2 heterocycles. The number of benzene rings is 2. The Morgan fingerprint density at radius 1 is 0.944 bits per heavy atom. The summed E-state index contributed by atoms with van der Waals surface area (Å²) in [6, 6.07) is 21.0. The minimum absolute atomic E-state index is 0.0365. The van der Waals surface area contributed by atoms with Gasteiger partial charge in [0.05, 0.1) is 19.4 Å². The fraction of sp³-hybridized carbons (Fsp3) is 0.111. The molecule has 182 valence electrons. The SMILES string of the molecule is COC(=O)C1=C(C)N(c2ccccc2)/C(=C/c2ccc(CNC(=O)C(=O)Nc3ccccc3)o2)C1=O. The van der Waals surface area contributed by atoms with Crippen molar-refractivity contribution in [1.29, 1.82) is 0 Å². The van der Waals surface area contributed by atoms with E-state index >= 15 is 0 Å². The van der Waals surface area contributed by atoms with Crippen molar-refractivity contribution in [1.82, 2.24) is 5.32 Å². The summed E-state index contributed by atoms with van der Waals surface area (Å²) in [7, 11) is 1.22. The van der Waals surface area contributed by atoms with Crippen molar-refractivity contribution in [3.63, 3.8) is 0 Å². The van der Waals surface area contributed by atoms with Gasteiger partial charge in [0, 0.05) is 23.1 Å². The molecule has 1 aromatic heterocycles. The lowest BCUT2D eigenvalue weighted by Crippen LogP contribution is -2.34. The number of carbonyl (C=O) groups is 4. The van der Waals surface area contributed by atoms with E-state index in [0.29, 0.717) is 28.6 Å². The summed E-state index contributed by atoms with van der Waals surface area (Å²) in [4.78, 5) is 51.3. The molecule has 0 fully saturated rings. The van der Waals surface area contributed by atoms with Crippen molar-refractivity contribution in [3.05, 3.63) is 101 Å². The van der Waals surface area contributed by atoms with E-state index in [-0.39, 0.29) is 17.8 Å². The molecule has 1 aliphatic rings. The number of Topliss-reactive ketones (excluding diaryl/α,β-unsaturated/α-hetero) is 1. The first-order valence-electron chi connectivity index (χ1n) is 11.0. The molecule has 0 bridgehead atoms. The number of allylic oxidation sites excluding steroid dienone is 2.